The molecule has 2 rings (SSSR count). The number of primary amides is 1. The number of thiocarbonyl (C=S) groups is 1. The molecule has 0 saturated heterocycles. The average Bonchev–Trinajstić information content (AvgIpc) is 2.39. The number of carbonyl (C=O) groups is 1. The van der Waals surface area contributed by atoms with Gasteiger partial charge in [0, 0.05) is 21.4 Å². The van der Waals surface area contributed by atoms with Crippen LogP contribution < -0.4 is 16.4 Å². The zero-order chi connectivity index (χ0) is 14.5. The van der Waals surface area contributed by atoms with Crippen molar-refractivity contribution in [2.24, 2.45) is 5.73 Å². The molecule has 20 heavy (non-hydrogen) atoms. The maximum absolute atomic E-state index is 11.0. The first kappa shape index (κ1) is 14.5. The van der Waals surface area contributed by atoms with E-state index in [9.17, 15) is 4.79 Å². The highest BCUT2D eigenvalue weighted by Gasteiger charge is 2.02. The van der Waals surface area contributed by atoms with Gasteiger partial charge in [0.15, 0.2) is 5.11 Å². The van der Waals surface area contributed by atoms with Crippen LogP contribution in [0.1, 0.15) is 10.4 Å². The van der Waals surface area contributed by atoms with E-state index in [0.29, 0.717) is 10.7 Å². The number of amides is 1. The molecule has 0 fully saturated rings. The summed E-state index contributed by atoms with van der Waals surface area (Å²) in [4.78, 5) is 11.0. The van der Waals surface area contributed by atoms with Gasteiger partial charge in [-0.25, -0.2) is 0 Å². The van der Waals surface area contributed by atoms with Gasteiger partial charge in [0.05, 0.1) is 0 Å². The van der Waals surface area contributed by atoms with Gasteiger partial charge in [0.1, 0.15) is 0 Å². The Hall–Kier alpha value is -1.92. The van der Waals surface area contributed by atoms with E-state index in [1.165, 1.54) is 0 Å². The fraction of sp³-hybridized carbons (Fsp3) is 0. The molecule has 4 nitrogen and oxygen atoms in total. The summed E-state index contributed by atoms with van der Waals surface area (Å²) >= 11 is 8.61. The van der Waals surface area contributed by atoms with E-state index in [-0.39, 0.29) is 0 Å². The van der Waals surface area contributed by atoms with Gasteiger partial charge >= 0.3 is 0 Å². The number of anilines is 2. The van der Waals surface area contributed by atoms with Crippen molar-refractivity contribution in [2.75, 3.05) is 10.6 Å². The molecular weight excluding hydrogens is 338 g/mol. The van der Waals surface area contributed by atoms with Gasteiger partial charge in [-0.15, -0.1) is 0 Å². The van der Waals surface area contributed by atoms with Gasteiger partial charge in [0.25, 0.3) is 0 Å². The molecule has 0 radical (unpaired) electrons. The quantitative estimate of drug-likeness (QED) is 0.743. The molecule has 0 aliphatic heterocycles. The van der Waals surface area contributed by atoms with Crippen molar-refractivity contribution in [1.29, 1.82) is 0 Å². The lowest BCUT2D eigenvalue weighted by atomic mass is 10.2. The summed E-state index contributed by atoms with van der Waals surface area (Å²) in [7, 11) is 0. The number of nitrogens with one attached hydrogen (secondary N) is 2. The van der Waals surface area contributed by atoms with Crippen molar-refractivity contribution in [3.8, 4) is 0 Å². The lowest BCUT2D eigenvalue weighted by Crippen LogP contribution is -2.19. The monoisotopic (exact) mass is 349 g/mol. The molecule has 0 saturated carbocycles. The predicted molar refractivity (Wildman–Crippen MR) is 88.9 cm³/mol. The summed E-state index contributed by atoms with van der Waals surface area (Å²) in [5.41, 5.74) is 7.30. The second-order valence-electron chi connectivity index (χ2n) is 4.03. The third kappa shape index (κ3) is 4.04. The molecule has 0 bridgehead atoms. The Morgan fingerprint density at radius 3 is 2.30 bits per heavy atom. The molecule has 0 aliphatic carbocycles. The zero-order valence-electron chi connectivity index (χ0n) is 10.4. The normalized spacial score (nSPS) is 9.85. The highest BCUT2D eigenvalue weighted by molar-refractivity contribution is 9.10. The summed E-state index contributed by atoms with van der Waals surface area (Å²) < 4.78 is 0.969. The van der Waals surface area contributed by atoms with Crippen LogP contribution in [0.25, 0.3) is 0 Å². The predicted octanol–water partition coefficient (Wildman–Crippen LogP) is 3.36. The van der Waals surface area contributed by atoms with Crippen LogP contribution in [-0.4, -0.2) is 11.0 Å². The largest absolute Gasteiger partial charge is 0.366 e. The molecule has 0 aromatic heterocycles. The Morgan fingerprint density at radius 2 is 1.70 bits per heavy atom. The third-order valence-electron chi connectivity index (χ3n) is 2.51. The summed E-state index contributed by atoms with van der Waals surface area (Å²) in [6.45, 7) is 0. The topological polar surface area (TPSA) is 67.2 Å². The van der Waals surface area contributed by atoms with Gasteiger partial charge in [0.2, 0.25) is 5.91 Å². The van der Waals surface area contributed by atoms with Gasteiger partial charge in [-0.05, 0) is 54.7 Å². The first-order chi connectivity index (χ1) is 9.54. The fourth-order valence-corrected chi connectivity index (χ4v) is 2.21. The van der Waals surface area contributed by atoms with Crippen molar-refractivity contribution in [3.63, 3.8) is 0 Å². The Balaban J connectivity index is 1.99. The van der Waals surface area contributed by atoms with Gasteiger partial charge in [-0.2, -0.15) is 0 Å². The Bertz CT molecular complexity index is 643. The molecule has 102 valence electrons. The van der Waals surface area contributed by atoms with Crippen LogP contribution in [0, 0.1) is 0 Å². The van der Waals surface area contributed by atoms with Crippen molar-refractivity contribution in [3.05, 3.63) is 58.6 Å². The maximum atomic E-state index is 11.0. The van der Waals surface area contributed by atoms with E-state index in [1.54, 1.807) is 24.3 Å². The lowest BCUT2D eigenvalue weighted by molar-refractivity contribution is 0.100. The van der Waals surface area contributed by atoms with Gasteiger partial charge < -0.3 is 16.4 Å². The summed E-state index contributed by atoms with van der Waals surface area (Å²) in [6, 6.07) is 14.5. The Kier molecular flexibility index (Phi) is 4.70. The average molecular weight is 350 g/mol. The van der Waals surface area contributed by atoms with E-state index in [0.717, 1.165) is 15.8 Å². The van der Waals surface area contributed by atoms with Crippen LogP contribution in [0.15, 0.2) is 53.0 Å². The molecular formula is C14H12BrN3OS. The molecule has 0 aliphatic rings. The first-order valence-corrected chi connectivity index (χ1v) is 6.98. The molecule has 6 heteroatoms. The van der Waals surface area contributed by atoms with Crippen LogP contribution >= 0.6 is 28.1 Å². The minimum absolute atomic E-state index is 0.452. The van der Waals surface area contributed by atoms with E-state index in [4.69, 9.17) is 18.0 Å². The van der Waals surface area contributed by atoms with Crippen molar-refractivity contribution >= 4 is 50.5 Å². The molecule has 0 spiro atoms. The lowest BCUT2D eigenvalue weighted by Gasteiger charge is -2.11. The van der Waals surface area contributed by atoms with Gasteiger partial charge in [-0.3, -0.25) is 4.79 Å². The molecule has 1 amide bonds. The highest BCUT2D eigenvalue weighted by atomic mass is 79.9. The van der Waals surface area contributed by atoms with E-state index >= 15 is 0 Å². The standard InChI is InChI=1S/C14H12BrN3OS/c15-10-2-1-3-12(8-10)18-14(20)17-11-6-4-9(5-7-11)13(16)19/h1-8H,(H2,16,19)(H2,17,18,20). The highest BCUT2D eigenvalue weighted by Crippen LogP contribution is 2.16. The number of rotatable bonds is 3. The van der Waals surface area contributed by atoms with Crippen LogP contribution in [0.3, 0.4) is 0 Å². The SMILES string of the molecule is NC(=O)c1ccc(NC(=S)Nc2cccc(Br)c2)cc1. The number of hydrogen-bond acceptors (Lipinski definition) is 2. The van der Waals surface area contributed by atoms with Crippen molar-refractivity contribution < 1.29 is 4.79 Å². The first-order valence-electron chi connectivity index (χ1n) is 5.78. The second kappa shape index (κ2) is 6.49. The Labute approximate surface area is 130 Å². The number of hydrogen-bond donors (Lipinski definition) is 3. The number of benzene rings is 2. The fourth-order valence-electron chi connectivity index (χ4n) is 1.58. The number of halogens is 1. The van der Waals surface area contributed by atoms with Crippen LogP contribution in [-0.2, 0) is 0 Å². The molecule has 2 aromatic rings. The number of carbonyl (C=O) groups excluding carboxylic acids is 1. The summed E-state index contributed by atoms with van der Waals surface area (Å²) in [6.07, 6.45) is 0. The maximum Gasteiger partial charge on any atom is 0.248 e. The summed E-state index contributed by atoms with van der Waals surface area (Å²) in [5, 5.41) is 6.56. The van der Waals surface area contributed by atoms with Crippen LogP contribution in [0.4, 0.5) is 11.4 Å². The summed E-state index contributed by atoms with van der Waals surface area (Å²) in [5.74, 6) is -0.452. The molecule has 0 atom stereocenters. The van der Waals surface area contributed by atoms with E-state index in [1.807, 2.05) is 24.3 Å². The minimum atomic E-state index is -0.452. The molecule has 0 unspecified atom stereocenters. The smallest absolute Gasteiger partial charge is 0.248 e. The minimum Gasteiger partial charge on any atom is -0.366 e. The van der Waals surface area contributed by atoms with Crippen LogP contribution in [0.2, 0.25) is 0 Å². The third-order valence-corrected chi connectivity index (χ3v) is 3.21. The van der Waals surface area contributed by atoms with Gasteiger partial charge in [-0.1, -0.05) is 22.0 Å². The molecule has 2 aromatic carbocycles. The Morgan fingerprint density at radius 1 is 1.05 bits per heavy atom. The number of nitrogens with two attached hydrogens (primary N) is 1. The van der Waals surface area contributed by atoms with Crippen molar-refractivity contribution in [2.45, 2.75) is 0 Å². The van der Waals surface area contributed by atoms with E-state index < -0.39 is 5.91 Å². The molecule has 0 heterocycles. The van der Waals surface area contributed by atoms with Crippen molar-refractivity contribution in [1.82, 2.24) is 0 Å². The van der Waals surface area contributed by atoms with Crippen LogP contribution in [0.5, 0.6) is 0 Å². The zero-order valence-corrected chi connectivity index (χ0v) is 12.8. The van der Waals surface area contributed by atoms with E-state index in [2.05, 4.69) is 26.6 Å². The molecule has 4 N–H and O–H groups in total. The second-order valence-corrected chi connectivity index (χ2v) is 5.35.